The summed E-state index contributed by atoms with van der Waals surface area (Å²) in [5, 5.41) is 20.3. The summed E-state index contributed by atoms with van der Waals surface area (Å²) in [5.41, 5.74) is -1.29. The summed E-state index contributed by atoms with van der Waals surface area (Å²) in [5.74, 6) is -1.08. The molecule has 2 atom stereocenters. The van der Waals surface area contributed by atoms with E-state index in [2.05, 4.69) is 5.32 Å². The van der Waals surface area contributed by atoms with Crippen LogP contribution in [0.25, 0.3) is 0 Å². The van der Waals surface area contributed by atoms with Crippen LogP contribution in [0.5, 0.6) is 0 Å². The molecule has 7 nitrogen and oxygen atoms in total. The minimum absolute atomic E-state index is 0.155. The topological polar surface area (TPSA) is 103 Å². The number of carboxylic acids is 1. The Morgan fingerprint density at radius 1 is 1.67 bits per heavy atom. The molecule has 2 N–H and O–H groups in total. The molecule has 0 spiro atoms. The van der Waals surface area contributed by atoms with Gasteiger partial charge in [0.1, 0.15) is 5.54 Å². The number of hydrogen-bond donors (Lipinski definition) is 2. The van der Waals surface area contributed by atoms with Gasteiger partial charge in [0.25, 0.3) is 0 Å². The highest BCUT2D eigenvalue weighted by Crippen LogP contribution is 2.11. The number of amides is 2. The number of urea groups is 1. The van der Waals surface area contributed by atoms with Crippen molar-refractivity contribution in [3.63, 3.8) is 0 Å². The Hall–Kier alpha value is -1.81. The molecule has 0 bridgehead atoms. The molecular formula is C11H17N3O4. The number of carbonyl (C=O) groups is 2. The Bertz CT molecular complexity index is 379. The monoisotopic (exact) mass is 255 g/mol. The molecule has 1 heterocycles. The number of hydrogen-bond acceptors (Lipinski definition) is 4. The fourth-order valence-corrected chi connectivity index (χ4v) is 1.52. The lowest BCUT2D eigenvalue weighted by atomic mass is 10.00. The molecular weight excluding hydrogens is 238 g/mol. The van der Waals surface area contributed by atoms with E-state index >= 15 is 0 Å². The van der Waals surface area contributed by atoms with Crippen molar-refractivity contribution in [3.8, 4) is 6.07 Å². The van der Waals surface area contributed by atoms with Crippen LogP contribution >= 0.6 is 0 Å². The molecule has 0 saturated carbocycles. The van der Waals surface area contributed by atoms with Gasteiger partial charge in [0.05, 0.1) is 19.2 Å². The highest BCUT2D eigenvalue weighted by atomic mass is 16.5. The van der Waals surface area contributed by atoms with Crippen molar-refractivity contribution in [2.24, 2.45) is 0 Å². The van der Waals surface area contributed by atoms with Gasteiger partial charge in [-0.05, 0) is 13.3 Å². The van der Waals surface area contributed by atoms with Gasteiger partial charge in [0.15, 0.2) is 6.10 Å². The van der Waals surface area contributed by atoms with Gasteiger partial charge in [-0.2, -0.15) is 5.26 Å². The summed E-state index contributed by atoms with van der Waals surface area (Å²) in [6.07, 6.45) is -0.373. The SMILES string of the molecule is CCC(C)(NC(=O)N1CCOC(C#N)C1)C(=O)O. The van der Waals surface area contributed by atoms with Crippen LogP contribution in [0.15, 0.2) is 0 Å². The summed E-state index contributed by atoms with van der Waals surface area (Å²) in [4.78, 5) is 24.4. The second-order valence-electron chi connectivity index (χ2n) is 4.36. The van der Waals surface area contributed by atoms with Crippen LogP contribution < -0.4 is 5.32 Å². The summed E-state index contributed by atoms with van der Waals surface area (Å²) >= 11 is 0. The highest BCUT2D eigenvalue weighted by molar-refractivity contribution is 5.85. The van der Waals surface area contributed by atoms with E-state index < -0.39 is 23.6 Å². The lowest BCUT2D eigenvalue weighted by molar-refractivity contribution is -0.143. The quantitative estimate of drug-likeness (QED) is 0.748. The molecule has 2 unspecified atom stereocenters. The van der Waals surface area contributed by atoms with Crippen LogP contribution in [0, 0.1) is 11.3 Å². The van der Waals surface area contributed by atoms with Gasteiger partial charge in [-0.3, -0.25) is 0 Å². The average molecular weight is 255 g/mol. The maximum Gasteiger partial charge on any atom is 0.329 e. The van der Waals surface area contributed by atoms with Gasteiger partial charge in [0, 0.05) is 6.54 Å². The first-order valence-electron chi connectivity index (χ1n) is 5.74. The predicted octanol–water partition coefficient (Wildman–Crippen LogP) is 0.174. The lowest BCUT2D eigenvalue weighted by Crippen LogP contribution is -2.58. The first kappa shape index (κ1) is 14.3. The molecule has 100 valence electrons. The van der Waals surface area contributed by atoms with E-state index in [1.165, 1.54) is 11.8 Å². The molecule has 1 aliphatic rings. The maximum absolute atomic E-state index is 11.9. The number of nitrogens with one attached hydrogen (secondary N) is 1. The van der Waals surface area contributed by atoms with E-state index in [0.29, 0.717) is 6.54 Å². The minimum atomic E-state index is -1.29. The van der Waals surface area contributed by atoms with Gasteiger partial charge in [-0.25, -0.2) is 9.59 Å². The van der Waals surface area contributed by atoms with Crippen LogP contribution in [0.2, 0.25) is 0 Å². The number of ether oxygens (including phenoxy) is 1. The van der Waals surface area contributed by atoms with Gasteiger partial charge < -0.3 is 20.1 Å². The smallest absolute Gasteiger partial charge is 0.329 e. The first-order valence-corrected chi connectivity index (χ1v) is 5.74. The summed E-state index contributed by atoms with van der Waals surface area (Å²) < 4.78 is 5.11. The van der Waals surface area contributed by atoms with Crippen molar-refractivity contribution in [2.75, 3.05) is 19.7 Å². The third-order valence-corrected chi connectivity index (χ3v) is 3.06. The van der Waals surface area contributed by atoms with E-state index in [1.54, 1.807) is 6.92 Å². The van der Waals surface area contributed by atoms with Crippen LogP contribution in [-0.4, -0.2) is 53.3 Å². The number of carbonyl (C=O) groups excluding carboxylic acids is 1. The predicted molar refractivity (Wildman–Crippen MR) is 61.8 cm³/mol. The molecule has 1 fully saturated rings. The Morgan fingerprint density at radius 3 is 2.83 bits per heavy atom. The number of aliphatic carboxylic acids is 1. The number of carboxylic acid groups (broad SMARTS) is 1. The van der Waals surface area contributed by atoms with Gasteiger partial charge in [-0.1, -0.05) is 6.92 Å². The average Bonchev–Trinajstić information content (AvgIpc) is 2.38. The summed E-state index contributed by atoms with van der Waals surface area (Å²) in [6.45, 7) is 3.92. The molecule has 7 heteroatoms. The Morgan fingerprint density at radius 2 is 2.33 bits per heavy atom. The molecule has 0 aromatic carbocycles. The van der Waals surface area contributed by atoms with Crippen molar-refractivity contribution in [1.29, 1.82) is 5.26 Å². The number of nitrogens with zero attached hydrogens (tertiary/aromatic N) is 2. The van der Waals surface area contributed by atoms with E-state index in [1.807, 2.05) is 6.07 Å². The normalized spacial score (nSPS) is 22.7. The zero-order chi connectivity index (χ0) is 13.8. The van der Waals surface area contributed by atoms with Crippen LogP contribution in [0.3, 0.4) is 0 Å². The van der Waals surface area contributed by atoms with Gasteiger partial charge >= 0.3 is 12.0 Å². The van der Waals surface area contributed by atoms with E-state index in [-0.39, 0.29) is 19.6 Å². The summed E-state index contributed by atoms with van der Waals surface area (Å²) in [7, 11) is 0. The third kappa shape index (κ3) is 3.11. The molecule has 1 rings (SSSR count). The second-order valence-corrected chi connectivity index (χ2v) is 4.36. The van der Waals surface area contributed by atoms with Crippen molar-refractivity contribution in [3.05, 3.63) is 0 Å². The largest absolute Gasteiger partial charge is 0.480 e. The number of morpholine rings is 1. The molecule has 1 saturated heterocycles. The van der Waals surface area contributed by atoms with Crippen LogP contribution in [0.1, 0.15) is 20.3 Å². The maximum atomic E-state index is 11.9. The molecule has 0 aromatic heterocycles. The molecule has 0 radical (unpaired) electrons. The Labute approximate surface area is 105 Å². The van der Waals surface area contributed by atoms with Gasteiger partial charge in [-0.15, -0.1) is 0 Å². The minimum Gasteiger partial charge on any atom is -0.480 e. The van der Waals surface area contributed by atoms with Crippen LogP contribution in [0.4, 0.5) is 4.79 Å². The van der Waals surface area contributed by atoms with Crippen molar-refractivity contribution >= 4 is 12.0 Å². The Kier molecular flexibility index (Phi) is 4.50. The highest BCUT2D eigenvalue weighted by Gasteiger charge is 2.35. The van der Waals surface area contributed by atoms with Gasteiger partial charge in [0.2, 0.25) is 0 Å². The molecule has 18 heavy (non-hydrogen) atoms. The zero-order valence-electron chi connectivity index (χ0n) is 10.5. The molecule has 0 aliphatic carbocycles. The number of nitriles is 1. The summed E-state index contributed by atoms with van der Waals surface area (Å²) in [6, 6.07) is 1.45. The number of rotatable bonds is 3. The van der Waals surface area contributed by atoms with E-state index in [4.69, 9.17) is 15.1 Å². The van der Waals surface area contributed by atoms with Crippen molar-refractivity contribution in [2.45, 2.75) is 31.9 Å². The second kappa shape index (κ2) is 5.69. The molecule has 0 aromatic rings. The first-order chi connectivity index (χ1) is 8.42. The van der Waals surface area contributed by atoms with E-state index in [9.17, 15) is 9.59 Å². The third-order valence-electron chi connectivity index (χ3n) is 3.06. The molecule has 1 aliphatic heterocycles. The lowest BCUT2D eigenvalue weighted by Gasteiger charge is -2.33. The fraction of sp³-hybridized carbons (Fsp3) is 0.727. The van der Waals surface area contributed by atoms with Crippen molar-refractivity contribution < 1.29 is 19.4 Å². The van der Waals surface area contributed by atoms with E-state index in [0.717, 1.165) is 0 Å². The fourth-order valence-electron chi connectivity index (χ4n) is 1.52. The zero-order valence-corrected chi connectivity index (χ0v) is 10.5. The van der Waals surface area contributed by atoms with Crippen LogP contribution in [-0.2, 0) is 9.53 Å². The standard InChI is InChI=1S/C11H17N3O4/c1-3-11(2,9(15)16)13-10(17)14-4-5-18-8(6-12)7-14/h8H,3-5,7H2,1-2H3,(H,13,17)(H,15,16). The Balaban J connectivity index is 2.65. The molecule has 2 amide bonds. The van der Waals surface area contributed by atoms with Crippen molar-refractivity contribution in [1.82, 2.24) is 10.2 Å².